The molecule has 5 atom stereocenters. The van der Waals surface area contributed by atoms with Gasteiger partial charge in [-0.15, -0.1) is 11.3 Å². The van der Waals surface area contributed by atoms with Crippen LogP contribution in [0.3, 0.4) is 0 Å². The van der Waals surface area contributed by atoms with E-state index >= 15 is 0 Å². The number of hydrogen-bond acceptors (Lipinski definition) is 5. The molecule has 154 valence electrons. The summed E-state index contributed by atoms with van der Waals surface area (Å²) >= 11 is 1.69. The monoisotopic (exact) mass is 415 g/mol. The molecule has 3 fully saturated rings. The van der Waals surface area contributed by atoms with Crippen molar-refractivity contribution in [1.29, 1.82) is 0 Å². The lowest BCUT2D eigenvalue weighted by Crippen LogP contribution is -2.46. The molecule has 0 bridgehead atoms. The molecule has 1 aromatic heterocycles. The molecule has 2 saturated heterocycles. The van der Waals surface area contributed by atoms with Gasteiger partial charge in [0, 0.05) is 29.4 Å². The largest absolute Gasteiger partial charge is 0.385 e. The predicted molar refractivity (Wildman–Crippen MR) is 109 cm³/mol. The summed E-state index contributed by atoms with van der Waals surface area (Å²) in [5, 5.41) is 13.6. The molecule has 5 nitrogen and oxygen atoms in total. The Balaban J connectivity index is 1.32. The number of amides is 1. The number of aliphatic hydroxyl groups is 1. The standard InChI is InChI=1S/C22H26FN3O2S/c23-17-7-2-1-6-15(17)22(28)9-3-5-14-12-26(13-16(14)22)21(27)19-11-18(24-25-19)20-8-4-10-29-20/h1-2,4,6-8,10,14,16,18-19,24-25,28H,3,5,9,11-13H2. The first-order valence-corrected chi connectivity index (χ1v) is 11.2. The average molecular weight is 416 g/mol. The summed E-state index contributed by atoms with van der Waals surface area (Å²) in [5.41, 5.74) is 5.57. The number of thiophene rings is 1. The van der Waals surface area contributed by atoms with Crippen molar-refractivity contribution in [2.45, 2.75) is 43.4 Å². The lowest BCUT2D eigenvalue weighted by Gasteiger charge is -2.41. The number of halogens is 1. The zero-order valence-electron chi connectivity index (χ0n) is 16.2. The normalized spacial score (nSPS) is 34.3. The maximum atomic E-state index is 14.5. The van der Waals surface area contributed by atoms with Gasteiger partial charge in [0.25, 0.3) is 0 Å². The number of hydrazine groups is 1. The summed E-state index contributed by atoms with van der Waals surface area (Å²) in [6.45, 7) is 1.12. The Morgan fingerprint density at radius 2 is 2.07 bits per heavy atom. The highest BCUT2D eigenvalue weighted by Crippen LogP contribution is 2.49. The van der Waals surface area contributed by atoms with E-state index in [1.54, 1.807) is 29.5 Å². The SMILES string of the molecule is O=C(C1CC(c2cccs2)NN1)N1CC2CCCC(O)(c3ccccc3F)C2C1. The lowest BCUT2D eigenvalue weighted by atomic mass is 9.67. The molecule has 1 aliphatic carbocycles. The van der Waals surface area contributed by atoms with Gasteiger partial charge < -0.3 is 10.0 Å². The molecular weight excluding hydrogens is 389 g/mol. The van der Waals surface area contributed by atoms with Crippen LogP contribution in [0.2, 0.25) is 0 Å². The quantitative estimate of drug-likeness (QED) is 0.721. The molecule has 1 amide bonds. The molecule has 5 unspecified atom stereocenters. The Bertz CT molecular complexity index is 892. The first kappa shape index (κ1) is 19.2. The van der Waals surface area contributed by atoms with E-state index in [0.29, 0.717) is 31.5 Å². The van der Waals surface area contributed by atoms with E-state index in [1.807, 2.05) is 16.3 Å². The molecule has 3 N–H and O–H groups in total. The molecule has 1 aromatic carbocycles. The highest BCUT2D eigenvalue weighted by atomic mass is 32.1. The number of nitrogens with one attached hydrogen (secondary N) is 2. The fraction of sp³-hybridized carbons (Fsp3) is 0.500. The maximum Gasteiger partial charge on any atom is 0.241 e. The number of carbonyl (C=O) groups is 1. The van der Waals surface area contributed by atoms with Gasteiger partial charge in [0.2, 0.25) is 5.91 Å². The Kier molecular flexibility index (Phi) is 4.94. The third-order valence-corrected chi connectivity index (χ3v) is 7.91. The molecule has 0 radical (unpaired) electrons. The van der Waals surface area contributed by atoms with Crippen LogP contribution in [0, 0.1) is 17.7 Å². The van der Waals surface area contributed by atoms with E-state index in [9.17, 15) is 14.3 Å². The summed E-state index contributed by atoms with van der Waals surface area (Å²) in [6, 6.07) is 10.5. The molecule has 2 aromatic rings. The van der Waals surface area contributed by atoms with Gasteiger partial charge in [-0.05, 0) is 49.1 Å². The number of benzene rings is 1. The molecule has 29 heavy (non-hydrogen) atoms. The second-order valence-corrected chi connectivity index (χ2v) is 9.53. The first-order valence-electron chi connectivity index (χ1n) is 10.4. The van der Waals surface area contributed by atoms with Crippen LogP contribution in [0.15, 0.2) is 41.8 Å². The van der Waals surface area contributed by atoms with Gasteiger partial charge >= 0.3 is 0 Å². The van der Waals surface area contributed by atoms with Crippen LogP contribution in [0.1, 0.15) is 42.2 Å². The van der Waals surface area contributed by atoms with Gasteiger partial charge in [0.1, 0.15) is 11.9 Å². The minimum Gasteiger partial charge on any atom is -0.385 e. The third kappa shape index (κ3) is 3.30. The number of fused-ring (bicyclic) bond motifs is 1. The molecule has 5 rings (SSSR count). The molecule has 3 aliphatic rings. The summed E-state index contributed by atoms with van der Waals surface area (Å²) in [4.78, 5) is 16.3. The zero-order valence-corrected chi connectivity index (χ0v) is 17.0. The van der Waals surface area contributed by atoms with Gasteiger partial charge in [-0.3, -0.25) is 4.79 Å². The summed E-state index contributed by atoms with van der Waals surface area (Å²) in [6.07, 6.45) is 3.07. The van der Waals surface area contributed by atoms with Gasteiger partial charge in [-0.1, -0.05) is 24.3 Å². The highest BCUT2D eigenvalue weighted by Gasteiger charge is 2.52. The van der Waals surface area contributed by atoms with E-state index in [1.165, 1.54) is 10.9 Å². The highest BCUT2D eigenvalue weighted by molar-refractivity contribution is 7.10. The van der Waals surface area contributed by atoms with Crippen molar-refractivity contribution in [3.05, 3.63) is 58.0 Å². The first-order chi connectivity index (χ1) is 14.1. The van der Waals surface area contributed by atoms with Crippen molar-refractivity contribution in [3.63, 3.8) is 0 Å². The van der Waals surface area contributed by atoms with Crippen molar-refractivity contribution in [2.24, 2.45) is 11.8 Å². The second-order valence-electron chi connectivity index (χ2n) is 8.55. The van der Waals surface area contributed by atoms with E-state index in [2.05, 4.69) is 16.9 Å². The number of carbonyl (C=O) groups excluding carboxylic acids is 1. The molecule has 7 heteroatoms. The lowest BCUT2D eigenvalue weighted by molar-refractivity contribution is -0.132. The van der Waals surface area contributed by atoms with Gasteiger partial charge in [-0.2, -0.15) is 0 Å². The second kappa shape index (κ2) is 7.47. The van der Waals surface area contributed by atoms with Crippen LogP contribution in [0.25, 0.3) is 0 Å². The van der Waals surface area contributed by atoms with Gasteiger partial charge in [-0.25, -0.2) is 15.2 Å². The van der Waals surface area contributed by atoms with Gasteiger partial charge in [0.05, 0.1) is 11.6 Å². The van der Waals surface area contributed by atoms with Gasteiger partial charge in [0.15, 0.2) is 0 Å². The molecular formula is C22H26FN3O2S. The molecule has 1 saturated carbocycles. The topological polar surface area (TPSA) is 64.6 Å². The third-order valence-electron chi connectivity index (χ3n) is 6.93. The van der Waals surface area contributed by atoms with Crippen LogP contribution in [-0.2, 0) is 10.4 Å². The molecule has 2 aliphatic heterocycles. The smallest absolute Gasteiger partial charge is 0.241 e. The Morgan fingerprint density at radius 1 is 1.21 bits per heavy atom. The van der Waals surface area contributed by atoms with Crippen molar-refractivity contribution in [1.82, 2.24) is 15.8 Å². The van der Waals surface area contributed by atoms with Crippen molar-refractivity contribution < 1.29 is 14.3 Å². The molecule has 0 spiro atoms. The van der Waals surface area contributed by atoms with E-state index in [-0.39, 0.29) is 35.6 Å². The zero-order chi connectivity index (χ0) is 20.0. The van der Waals surface area contributed by atoms with Crippen LogP contribution in [0.5, 0.6) is 0 Å². The van der Waals surface area contributed by atoms with Crippen molar-refractivity contribution in [3.8, 4) is 0 Å². The van der Waals surface area contributed by atoms with E-state index < -0.39 is 5.60 Å². The minimum absolute atomic E-state index is 0.0711. The Labute approximate surface area is 173 Å². The number of likely N-dealkylation sites (tertiary alicyclic amines) is 1. The number of hydrogen-bond donors (Lipinski definition) is 3. The Morgan fingerprint density at radius 3 is 2.86 bits per heavy atom. The fourth-order valence-corrected chi connectivity index (χ4v) is 6.26. The Hall–Kier alpha value is -1.80. The van der Waals surface area contributed by atoms with Crippen molar-refractivity contribution in [2.75, 3.05) is 13.1 Å². The van der Waals surface area contributed by atoms with Crippen LogP contribution < -0.4 is 10.9 Å². The summed E-state index contributed by atoms with van der Waals surface area (Å²) in [5.74, 6) is -0.206. The summed E-state index contributed by atoms with van der Waals surface area (Å²) < 4.78 is 14.5. The minimum atomic E-state index is -1.20. The van der Waals surface area contributed by atoms with Crippen LogP contribution in [-0.4, -0.2) is 35.0 Å². The van der Waals surface area contributed by atoms with Crippen molar-refractivity contribution >= 4 is 17.2 Å². The van der Waals surface area contributed by atoms with E-state index in [0.717, 1.165) is 12.8 Å². The predicted octanol–water partition coefficient (Wildman–Crippen LogP) is 2.94. The maximum absolute atomic E-state index is 14.5. The van der Waals surface area contributed by atoms with E-state index in [4.69, 9.17) is 0 Å². The fourth-order valence-electron chi connectivity index (χ4n) is 5.47. The van der Waals surface area contributed by atoms with Crippen LogP contribution >= 0.6 is 11.3 Å². The molecule has 3 heterocycles. The average Bonchev–Trinajstić information content (AvgIpc) is 3.47. The summed E-state index contributed by atoms with van der Waals surface area (Å²) in [7, 11) is 0. The van der Waals surface area contributed by atoms with Crippen LogP contribution in [0.4, 0.5) is 4.39 Å². The number of rotatable bonds is 3. The number of nitrogens with zero attached hydrogens (tertiary/aromatic N) is 1.